The zero-order chi connectivity index (χ0) is 8.69. The molecule has 0 aromatic rings. The van der Waals surface area contributed by atoms with Crippen LogP contribution in [0.3, 0.4) is 0 Å². The fourth-order valence-corrected chi connectivity index (χ4v) is 0.811. The van der Waals surface area contributed by atoms with E-state index in [1.165, 1.54) is 6.92 Å². The highest BCUT2D eigenvalue weighted by Crippen LogP contribution is 2.07. The second-order valence-electron chi connectivity index (χ2n) is 2.53. The van der Waals surface area contributed by atoms with Crippen molar-refractivity contribution in [3.05, 3.63) is 11.8 Å². The molecule has 2 heteroatoms. The summed E-state index contributed by atoms with van der Waals surface area (Å²) in [7, 11) is 1.60. The fraction of sp³-hybridized carbons (Fsp3) is 0.667. The molecule has 0 aliphatic heterocycles. The van der Waals surface area contributed by atoms with Gasteiger partial charge < -0.3 is 4.74 Å². The minimum absolute atomic E-state index is 0.0537. The van der Waals surface area contributed by atoms with Gasteiger partial charge in [0.05, 0.1) is 12.9 Å². The first kappa shape index (κ1) is 10.2. The molecule has 11 heavy (non-hydrogen) atoms. The summed E-state index contributed by atoms with van der Waals surface area (Å²) in [6.45, 7) is 3.64. The molecule has 0 saturated heterocycles. The molecule has 0 heterocycles. The summed E-state index contributed by atoms with van der Waals surface area (Å²) in [5.41, 5.74) is 0. The third-order valence-corrected chi connectivity index (χ3v) is 1.40. The number of hydrogen-bond donors (Lipinski definition) is 0. The lowest BCUT2D eigenvalue weighted by atomic mass is 10.2. The molecule has 0 radical (unpaired) electrons. The van der Waals surface area contributed by atoms with Gasteiger partial charge in [-0.3, -0.25) is 4.79 Å². The maximum absolute atomic E-state index is 10.6. The zero-order valence-electron chi connectivity index (χ0n) is 7.52. The third-order valence-electron chi connectivity index (χ3n) is 1.40. The van der Waals surface area contributed by atoms with Gasteiger partial charge in [0.15, 0.2) is 5.78 Å². The van der Waals surface area contributed by atoms with Crippen molar-refractivity contribution in [2.45, 2.75) is 33.1 Å². The normalized spacial score (nSPS) is 11.4. The van der Waals surface area contributed by atoms with Gasteiger partial charge in [-0.1, -0.05) is 13.3 Å². The van der Waals surface area contributed by atoms with E-state index in [1.807, 2.05) is 0 Å². The number of ketones is 1. The van der Waals surface area contributed by atoms with Crippen molar-refractivity contribution in [1.29, 1.82) is 0 Å². The average molecular weight is 156 g/mol. The first-order chi connectivity index (χ1) is 5.20. The zero-order valence-corrected chi connectivity index (χ0v) is 7.52. The Balaban J connectivity index is 3.84. The van der Waals surface area contributed by atoms with Crippen LogP contribution in [0.25, 0.3) is 0 Å². The second-order valence-corrected chi connectivity index (χ2v) is 2.53. The van der Waals surface area contributed by atoms with Crippen LogP contribution in [0, 0.1) is 0 Å². The van der Waals surface area contributed by atoms with E-state index in [0.29, 0.717) is 0 Å². The van der Waals surface area contributed by atoms with Crippen molar-refractivity contribution < 1.29 is 9.53 Å². The van der Waals surface area contributed by atoms with E-state index in [2.05, 4.69) is 6.92 Å². The summed E-state index contributed by atoms with van der Waals surface area (Å²) in [5.74, 6) is 0.845. The second kappa shape index (κ2) is 5.96. The highest BCUT2D eigenvalue weighted by Gasteiger charge is 1.96. The monoisotopic (exact) mass is 156 g/mol. The Labute approximate surface area is 68.2 Å². The minimum atomic E-state index is 0.0537. The SMILES string of the molecule is CCCC/C(=C/C(C)=O)OC. The molecule has 0 bridgehead atoms. The molecule has 0 aromatic heterocycles. The van der Waals surface area contributed by atoms with E-state index in [-0.39, 0.29) is 5.78 Å². The summed E-state index contributed by atoms with van der Waals surface area (Å²) in [6.07, 6.45) is 4.62. The summed E-state index contributed by atoms with van der Waals surface area (Å²) in [4.78, 5) is 10.6. The van der Waals surface area contributed by atoms with Crippen LogP contribution in [-0.4, -0.2) is 12.9 Å². The van der Waals surface area contributed by atoms with Crippen LogP contribution in [0.1, 0.15) is 33.1 Å². The molecule has 0 fully saturated rings. The number of ether oxygens (including phenoxy) is 1. The van der Waals surface area contributed by atoms with Gasteiger partial charge in [-0.2, -0.15) is 0 Å². The first-order valence-electron chi connectivity index (χ1n) is 3.95. The molecule has 0 rings (SSSR count). The predicted molar refractivity (Wildman–Crippen MR) is 45.3 cm³/mol. The fourth-order valence-electron chi connectivity index (χ4n) is 0.811. The van der Waals surface area contributed by atoms with E-state index in [0.717, 1.165) is 25.0 Å². The van der Waals surface area contributed by atoms with Crippen molar-refractivity contribution in [1.82, 2.24) is 0 Å². The lowest BCUT2D eigenvalue weighted by molar-refractivity contribution is -0.112. The van der Waals surface area contributed by atoms with Crippen molar-refractivity contribution in [2.75, 3.05) is 7.11 Å². The van der Waals surface area contributed by atoms with Gasteiger partial charge in [-0.25, -0.2) is 0 Å². The Bertz CT molecular complexity index is 148. The molecule has 0 aliphatic rings. The summed E-state index contributed by atoms with van der Waals surface area (Å²) in [5, 5.41) is 0. The molecular formula is C9H16O2. The quantitative estimate of drug-likeness (QED) is 0.451. The molecule has 0 aromatic carbocycles. The lowest BCUT2D eigenvalue weighted by Crippen LogP contribution is -1.91. The maximum atomic E-state index is 10.6. The van der Waals surface area contributed by atoms with E-state index >= 15 is 0 Å². The Morgan fingerprint density at radius 3 is 2.55 bits per heavy atom. The minimum Gasteiger partial charge on any atom is -0.501 e. The Morgan fingerprint density at radius 2 is 2.18 bits per heavy atom. The number of unbranched alkanes of at least 4 members (excludes halogenated alkanes) is 1. The first-order valence-corrected chi connectivity index (χ1v) is 3.95. The predicted octanol–water partition coefficient (Wildman–Crippen LogP) is 2.30. The Hall–Kier alpha value is -0.790. The van der Waals surface area contributed by atoms with Crippen LogP contribution in [-0.2, 0) is 9.53 Å². The van der Waals surface area contributed by atoms with E-state index in [9.17, 15) is 4.79 Å². The summed E-state index contributed by atoms with van der Waals surface area (Å²) in [6, 6.07) is 0. The molecule has 0 spiro atoms. The Morgan fingerprint density at radius 1 is 1.55 bits per heavy atom. The topological polar surface area (TPSA) is 26.3 Å². The highest BCUT2D eigenvalue weighted by molar-refractivity contribution is 5.87. The van der Waals surface area contributed by atoms with Crippen molar-refractivity contribution in [3.63, 3.8) is 0 Å². The van der Waals surface area contributed by atoms with Gasteiger partial charge in [-0.15, -0.1) is 0 Å². The number of carbonyl (C=O) groups is 1. The van der Waals surface area contributed by atoms with Crippen molar-refractivity contribution in [2.24, 2.45) is 0 Å². The van der Waals surface area contributed by atoms with Crippen LogP contribution in [0.5, 0.6) is 0 Å². The Kier molecular flexibility index (Phi) is 5.53. The van der Waals surface area contributed by atoms with Gasteiger partial charge in [0.1, 0.15) is 0 Å². The molecule has 0 aliphatic carbocycles. The molecule has 0 atom stereocenters. The summed E-state index contributed by atoms with van der Waals surface area (Å²) >= 11 is 0. The highest BCUT2D eigenvalue weighted by atomic mass is 16.5. The van der Waals surface area contributed by atoms with E-state index in [1.54, 1.807) is 13.2 Å². The maximum Gasteiger partial charge on any atom is 0.155 e. The van der Waals surface area contributed by atoms with Crippen LogP contribution in [0.4, 0.5) is 0 Å². The van der Waals surface area contributed by atoms with E-state index in [4.69, 9.17) is 4.74 Å². The molecular weight excluding hydrogens is 140 g/mol. The number of methoxy groups -OCH3 is 1. The molecule has 64 valence electrons. The molecule has 0 amide bonds. The number of allylic oxidation sites excluding steroid dienone is 2. The van der Waals surface area contributed by atoms with Crippen LogP contribution in [0.2, 0.25) is 0 Å². The largest absolute Gasteiger partial charge is 0.501 e. The van der Waals surface area contributed by atoms with Crippen molar-refractivity contribution >= 4 is 5.78 Å². The van der Waals surface area contributed by atoms with Crippen LogP contribution >= 0.6 is 0 Å². The van der Waals surface area contributed by atoms with Gasteiger partial charge in [0.25, 0.3) is 0 Å². The third kappa shape index (κ3) is 5.64. The van der Waals surface area contributed by atoms with Gasteiger partial charge in [0, 0.05) is 12.5 Å². The molecule has 0 unspecified atom stereocenters. The van der Waals surface area contributed by atoms with Crippen LogP contribution in [0.15, 0.2) is 11.8 Å². The number of carbonyl (C=O) groups excluding carboxylic acids is 1. The van der Waals surface area contributed by atoms with Gasteiger partial charge >= 0.3 is 0 Å². The molecule has 0 saturated carbocycles. The van der Waals surface area contributed by atoms with Gasteiger partial charge in [-0.05, 0) is 13.3 Å². The average Bonchev–Trinajstić information content (AvgIpc) is 1.97. The number of rotatable bonds is 5. The number of hydrogen-bond acceptors (Lipinski definition) is 2. The standard InChI is InChI=1S/C9H16O2/c1-4-5-6-9(11-3)7-8(2)10/h7H,4-6H2,1-3H3/b9-7-. The molecule has 2 nitrogen and oxygen atoms in total. The van der Waals surface area contributed by atoms with E-state index < -0.39 is 0 Å². The lowest BCUT2D eigenvalue weighted by Gasteiger charge is -2.02. The van der Waals surface area contributed by atoms with Gasteiger partial charge in [0.2, 0.25) is 0 Å². The molecule has 0 N–H and O–H groups in total. The van der Waals surface area contributed by atoms with Crippen molar-refractivity contribution in [3.8, 4) is 0 Å². The van der Waals surface area contributed by atoms with Crippen LogP contribution < -0.4 is 0 Å². The smallest absolute Gasteiger partial charge is 0.155 e. The summed E-state index contributed by atoms with van der Waals surface area (Å²) < 4.78 is 5.00.